The summed E-state index contributed by atoms with van der Waals surface area (Å²) in [5, 5.41) is 0.378. The highest BCUT2D eigenvalue weighted by atomic mass is 35.5. The lowest BCUT2D eigenvalue weighted by molar-refractivity contribution is 0.580. The van der Waals surface area contributed by atoms with Crippen molar-refractivity contribution in [1.29, 1.82) is 0 Å². The van der Waals surface area contributed by atoms with Crippen LogP contribution in [0, 0.1) is 6.92 Å². The molecular formula is C18H16ClN3O2S. The lowest BCUT2D eigenvalue weighted by atomic mass is 10.1. The Morgan fingerprint density at radius 2 is 1.92 bits per heavy atom. The van der Waals surface area contributed by atoms with Gasteiger partial charge in [0, 0.05) is 35.7 Å². The highest BCUT2D eigenvalue weighted by Gasteiger charge is 2.18. The molecule has 0 aliphatic heterocycles. The van der Waals surface area contributed by atoms with Crippen molar-refractivity contribution in [3.8, 4) is 11.3 Å². The molecule has 25 heavy (non-hydrogen) atoms. The third-order valence-electron chi connectivity index (χ3n) is 3.72. The van der Waals surface area contributed by atoms with Crippen LogP contribution in [0.4, 0.5) is 0 Å². The second-order valence-corrected chi connectivity index (χ2v) is 7.66. The van der Waals surface area contributed by atoms with Crippen LogP contribution < -0.4 is 4.72 Å². The van der Waals surface area contributed by atoms with Gasteiger partial charge in [0.15, 0.2) is 0 Å². The summed E-state index contributed by atoms with van der Waals surface area (Å²) < 4.78 is 27.9. The van der Waals surface area contributed by atoms with Gasteiger partial charge in [-0.1, -0.05) is 23.7 Å². The summed E-state index contributed by atoms with van der Waals surface area (Å²) in [6, 6.07) is 12.1. The minimum atomic E-state index is -3.69. The third kappa shape index (κ3) is 4.04. The summed E-state index contributed by atoms with van der Waals surface area (Å²) in [5.41, 5.74) is 2.92. The van der Waals surface area contributed by atoms with Crippen LogP contribution in [0.25, 0.3) is 11.3 Å². The Morgan fingerprint density at radius 1 is 1.12 bits per heavy atom. The van der Waals surface area contributed by atoms with E-state index in [9.17, 15) is 8.42 Å². The predicted octanol–water partition coefficient (Wildman–Crippen LogP) is 3.58. The first-order valence-corrected chi connectivity index (χ1v) is 9.43. The van der Waals surface area contributed by atoms with E-state index in [1.54, 1.807) is 43.7 Å². The van der Waals surface area contributed by atoms with Crippen LogP contribution in [0.15, 0.2) is 66.0 Å². The van der Waals surface area contributed by atoms with Crippen LogP contribution in [-0.4, -0.2) is 18.4 Å². The lowest BCUT2D eigenvalue weighted by Crippen LogP contribution is -2.24. The van der Waals surface area contributed by atoms with E-state index >= 15 is 0 Å². The number of pyridine rings is 2. The predicted molar refractivity (Wildman–Crippen MR) is 97.7 cm³/mol. The van der Waals surface area contributed by atoms with Crippen LogP contribution in [0.1, 0.15) is 11.1 Å². The molecule has 7 heteroatoms. The number of hydrogen-bond donors (Lipinski definition) is 1. The fourth-order valence-corrected chi connectivity index (χ4v) is 3.97. The maximum atomic E-state index is 12.6. The van der Waals surface area contributed by atoms with Crippen LogP contribution >= 0.6 is 11.6 Å². The monoisotopic (exact) mass is 373 g/mol. The maximum absolute atomic E-state index is 12.6. The molecule has 1 aromatic carbocycles. The number of hydrogen-bond acceptors (Lipinski definition) is 4. The highest BCUT2D eigenvalue weighted by molar-refractivity contribution is 7.89. The third-order valence-corrected chi connectivity index (χ3v) is 5.50. The van der Waals surface area contributed by atoms with Gasteiger partial charge < -0.3 is 0 Å². The largest absolute Gasteiger partial charge is 0.264 e. The van der Waals surface area contributed by atoms with E-state index in [4.69, 9.17) is 11.6 Å². The normalized spacial score (nSPS) is 11.4. The second kappa shape index (κ2) is 7.31. The van der Waals surface area contributed by atoms with Crippen molar-refractivity contribution in [2.75, 3.05) is 0 Å². The molecule has 3 rings (SSSR count). The molecule has 0 radical (unpaired) electrons. The van der Waals surface area contributed by atoms with E-state index in [2.05, 4.69) is 14.7 Å². The minimum absolute atomic E-state index is 0.117. The quantitative estimate of drug-likeness (QED) is 0.741. The van der Waals surface area contributed by atoms with Gasteiger partial charge in [0.2, 0.25) is 10.0 Å². The number of halogens is 1. The zero-order valence-electron chi connectivity index (χ0n) is 13.5. The zero-order valence-corrected chi connectivity index (χ0v) is 15.1. The van der Waals surface area contributed by atoms with Crippen LogP contribution in [-0.2, 0) is 16.6 Å². The lowest BCUT2D eigenvalue weighted by Gasteiger charge is -2.12. The number of nitrogens with zero attached hydrogens (tertiary/aromatic N) is 2. The van der Waals surface area contributed by atoms with Gasteiger partial charge in [0.05, 0.1) is 10.6 Å². The summed E-state index contributed by atoms with van der Waals surface area (Å²) in [5.74, 6) is 0. The molecule has 0 amide bonds. The SMILES string of the molecule is Cc1ccc(Cl)cc1S(=O)(=O)NCc1cccnc1-c1cccnc1. The van der Waals surface area contributed by atoms with Gasteiger partial charge in [-0.25, -0.2) is 13.1 Å². The van der Waals surface area contributed by atoms with E-state index in [1.807, 2.05) is 18.2 Å². The van der Waals surface area contributed by atoms with E-state index < -0.39 is 10.0 Å². The zero-order chi connectivity index (χ0) is 17.9. The summed E-state index contributed by atoms with van der Waals surface area (Å²) in [6.07, 6.45) is 5.04. The number of rotatable bonds is 5. The van der Waals surface area contributed by atoms with Gasteiger partial charge in [-0.2, -0.15) is 0 Å². The number of benzene rings is 1. The first-order chi connectivity index (χ1) is 12.0. The van der Waals surface area contributed by atoms with E-state index in [0.29, 0.717) is 16.3 Å². The van der Waals surface area contributed by atoms with Crippen LogP contribution in [0.2, 0.25) is 5.02 Å². The standard InChI is InChI=1S/C18H16ClN3O2S/c1-13-6-7-16(19)10-17(13)25(23,24)22-12-15-5-3-9-21-18(15)14-4-2-8-20-11-14/h2-11,22H,12H2,1H3. The molecule has 5 nitrogen and oxygen atoms in total. The highest BCUT2D eigenvalue weighted by Crippen LogP contribution is 2.22. The summed E-state index contributed by atoms with van der Waals surface area (Å²) in [6.45, 7) is 1.85. The molecule has 0 unspecified atom stereocenters. The van der Waals surface area contributed by atoms with Crippen molar-refractivity contribution in [3.63, 3.8) is 0 Å². The van der Waals surface area contributed by atoms with Crippen molar-refractivity contribution in [2.24, 2.45) is 0 Å². The smallest absolute Gasteiger partial charge is 0.241 e. The molecule has 0 saturated carbocycles. The molecule has 128 valence electrons. The van der Waals surface area contributed by atoms with Gasteiger partial charge in [0.1, 0.15) is 0 Å². The molecule has 0 spiro atoms. The Bertz CT molecular complexity index is 992. The molecule has 0 fully saturated rings. The van der Waals surface area contributed by atoms with E-state index in [0.717, 1.165) is 11.1 Å². The Kier molecular flexibility index (Phi) is 5.13. The average molecular weight is 374 g/mol. The number of aryl methyl sites for hydroxylation is 1. The second-order valence-electron chi connectivity index (χ2n) is 5.49. The Morgan fingerprint density at radius 3 is 2.68 bits per heavy atom. The molecule has 0 saturated heterocycles. The number of sulfonamides is 1. The van der Waals surface area contributed by atoms with Gasteiger partial charge in [-0.3, -0.25) is 9.97 Å². The van der Waals surface area contributed by atoms with Crippen LogP contribution in [0.3, 0.4) is 0 Å². The van der Waals surface area contributed by atoms with Crippen molar-refractivity contribution < 1.29 is 8.42 Å². The molecule has 2 aromatic heterocycles. The van der Waals surface area contributed by atoms with Gasteiger partial charge in [0.25, 0.3) is 0 Å². The molecule has 0 aliphatic carbocycles. The van der Waals surface area contributed by atoms with Crippen molar-refractivity contribution in [2.45, 2.75) is 18.4 Å². The molecule has 1 N–H and O–H groups in total. The van der Waals surface area contributed by atoms with Crippen molar-refractivity contribution >= 4 is 21.6 Å². The van der Waals surface area contributed by atoms with Gasteiger partial charge in [-0.05, 0) is 48.4 Å². The molecule has 0 atom stereocenters. The molecular weight excluding hydrogens is 358 g/mol. The maximum Gasteiger partial charge on any atom is 0.241 e. The average Bonchev–Trinajstić information content (AvgIpc) is 2.63. The molecule has 2 heterocycles. The Hall–Kier alpha value is -2.28. The summed E-state index contributed by atoms with van der Waals surface area (Å²) in [4.78, 5) is 8.62. The summed E-state index contributed by atoms with van der Waals surface area (Å²) in [7, 11) is -3.69. The van der Waals surface area contributed by atoms with Crippen molar-refractivity contribution in [3.05, 3.63) is 77.2 Å². The molecule has 0 bridgehead atoms. The molecule has 0 aliphatic rings. The van der Waals surface area contributed by atoms with E-state index in [1.165, 1.54) is 6.07 Å². The first kappa shape index (κ1) is 17.5. The van der Waals surface area contributed by atoms with Gasteiger partial charge >= 0.3 is 0 Å². The number of nitrogens with one attached hydrogen (secondary N) is 1. The fourth-order valence-electron chi connectivity index (χ4n) is 2.46. The first-order valence-electron chi connectivity index (χ1n) is 7.57. The minimum Gasteiger partial charge on any atom is -0.264 e. The Labute approximate surface area is 151 Å². The molecule has 3 aromatic rings. The van der Waals surface area contributed by atoms with E-state index in [-0.39, 0.29) is 11.4 Å². The fraction of sp³-hybridized carbons (Fsp3) is 0.111. The topological polar surface area (TPSA) is 72.0 Å². The van der Waals surface area contributed by atoms with Crippen LogP contribution in [0.5, 0.6) is 0 Å². The summed E-state index contributed by atoms with van der Waals surface area (Å²) >= 11 is 5.94. The van der Waals surface area contributed by atoms with Gasteiger partial charge in [-0.15, -0.1) is 0 Å². The Balaban J connectivity index is 1.88. The number of aromatic nitrogens is 2. The van der Waals surface area contributed by atoms with Crippen molar-refractivity contribution in [1.82, 2.24) is 14.7 Å².